The van der Waals surface area contributed by atoms with Crippen molar-refractivity contribution in [2.45, 2.75) is 25.4 Å². The third-order valence-corrected chi connectivity index (χ3v) is 4.50. The van der Waals surface area contributed by atoms with E-state index in [9.17, 15) is 9.18 Å². The first-order valence-electron chi connectivity index (χ1n) is 8.94. The summed E-state index contributed by atoms with van der Waals surface area (Å²) in [6.45, 7) is 2.95. The zero-order valence-electron chi connectivity index (χ0n) is 15.8. The van der Waals surface area contributed by atoms with Crippen LogP contribution < -0.4 is 10.8 Å². The van der Waals surface area contributed by atoms with Gasteiger partial charge >= 0.3 is 5.91 Å². The molecule has 9 heteroatoms. The maximum atomic E-state index is 13.4. The molecule has 1 aliphatic heterocycles. The number of aromatic nitrogens is 1. The fourth-order valence-corrected chi connectivity index (χ4v) is 3.21. The van der Waals surface area contributed by atoms with Crippen molar-refractivity contribution in [1.29, 1.82) is 0 Å². The summed E-state index contributed by atoms with van der Waals surface area (Å²) in [5.74, 6) is -1.55. The van der Waals surface area contributed by atoms with Crippen LogP contribution in [0.1, 0.15) is 24.0 Å². The van der Waals surface area contributed by atoms with Crippen molar-refractivity contribution in [3.63, 3.8) is 0 Å². The molecular weight excluding hydrogens is 418 g/mol. The molecule has 0 bridgehead atoms. The lowest BCUT2D eigenvalue weighted by Gasteiger charge is -2.33. The molecule has 1 saturated heterocycles. The largest absolute Gasteiger partial charge is 0.366 e. The third-order valence-electron chi connectivity index (χ3n) is 4.50. The second-order valence-corrected chi connectivity index (χ2v) is 6.61. The predicted molar refractivity (Wildman–Crippen MR) is 116 cm³/mol. The van der Waals surface area contributed by atoms with Crippen molar-refractivity contribution in [2.75, 3.05) is 18.4 Å². The molecule has 1 amide bonds. The van der Waals surface area contributed by atoms with E-state index in [2.05, 4.69) is 39.5 Å². The molecular formula is C20H25Cl2FN4O2. The Morgan fingerprint density at radius 1 is 1.24 bits per heavy atom. The minimum Gasteiger partial charge on any atom is -0.366 e. The van der Waals surface area contributed by atoms with Crippen LogP contribution >= 0.6 is 24.8 Å². The first-order valence-corrected chi connectivity index (χ1v) is 8.94. The van der Waals surface area contributed by atoms with Crippen LogP contribution in [0.5, 0.6) is 0 Å². The first kappa shape index (κ1) is 24.8. The van der Waals surface area contributed by atoms with Gasteiger partial charge in [-0.3, -0.25) is 14.9 Å². The summed E-state index contributed by atoms with van der Waals surface area (Å²) in [5.41, 5.74) is 3.00. The molecule has 1 aromatic carbocycles. The van der Waals surface area contributed by atoms with E-state index in [0.29, 0.717) is 17.4 Å². The zero-order chi connectivity index (χ0) is 19.1. The highest BCUT2D eigenvalue weighted by Gasteiger charge is 2.20. The molecule has 1 fully saturated rings. The van der Waals surface area contributed by atoms with E-state index in [-0.39, 0.29) is 24.8 Å². The van der Waals surface area contributed by atoms with Crippen LogP contribution in [0.4, 0.5) is 10.2 Å². The number of likely N-dealkylation sites (tertiary alicyclic amines) is 1. The van der Waals surface area contributed by atoms with Gasteiger partial charge in [-0.15, -0.1) is 24.8 Å². The van der Waals surface area contributed by atoms with Crippen molar-refractivity contribution in [3.05, 3.63) is 65.6 Å². The summed E-state index contributed by atoms with van der Waals surface area (Å²) in [5, 5.41) is 11.8. The highest BCUT2D eigenvalue weighted by molar-refractivity contribution is 5.94. The van der Waals surface area contributed by atoms with E-state index < -0.39 is 11.7 Å². The van der Waals surface area contributed by atoms with Crippen LogP contribution in [0.25, 0.3) is 6.08 Å². The zero-order valence-corrected chi connectivity index (χ0v) is 17.4. The molecule has 1 aliphatic rings. The topological polar surface area (TPSA) is 77.5 Å². The van der Waals surface area contributed by atoms with Crippen LogP contribution in [0.15, 0.2) is 54.5 Å². The van der Waals surface area contributed by atoms with Crippen LogP contribution in [-0.2, 0) is 11.3 Å². The van der Waals surface area contributed by atoms with Gasteiger partial charge in [-0.05, 0) is 48.7 Å². The second-order valence-electron chi connectivity index (χ2n) is 6.61. The van der Waals surface area contributed by atoms with Crippen molar-refractivity contribution >= 4 is 42.6 Å². The van der Waals surface area contributed by atoms with E-state index in [4.69, 9.17) is 5.21 Å². The molecule has 1 atom stereocenters. The van der Waals surface area contributed by atoms with Gasteiger partial charge in [0.05, 0.1) is 0 Å². The number of carbonyl (C=O) groups is 1. The van der Waals surface area contributed by atoms with Gasteiger partial charge in [-0.1, -0.05) is 30.3 Å². The minimum absolute atomic E-state index is 0. The Bertz CT molecular complexity index is 791. The number of rotatable bonds is 6. The van der Waals surface area contributed by atoms with Gasteiger partial charge < -0.3 is 5.32 Å². The van der Waals surface area contributed by atoms with Gasteiger partial charge in [0, 0.05) is 25.3 Å². The van der Waals surface area contributed by atoms with Gasteiger partial charge in [-0.2, -0.15) is 0 Å². The van der Waals surface area contributed by atoms with Gasteiger partial charge in [0.2, 0.25) is 0 Å². The normalized spacial score (nSPS) is 16.9. The molecule has 6 nitrogen and oxygen atoms in total. The Morgan fingerprint density at radius 3 is 2.66 bits per heavy atom. The molecule has 3 rings (SSSR count). The molecule has 0 aliphatic carbocycles. The lowest BCUT2D eigenvalue weighted by atomic mass is 10.0. The molecule has 0 spiro atoms. The third kappa shape index (κ3) is 7.62. The molecule has 0 saturated carbocycles. The summed E-state index contributed by atoms with van der Waals surface area (Å²) < 4.78 is 13.4. The van der Waals surface area contributed by atoms with E-state index in [1.165, 1.54) is 17.2 Å². The lowest BCUT2D eigenvalue weighted by molar-refractivity contribution is -0.126. The van der Waals surface area contributed by atoms with E-state index in [1.807, 2.05) is 6.07 Å². The summed E-state index contributed by atoms with van der Waals surface area (Å²) in [7, 11) is 0. The average Bonchev–Trinajstić information content (AvgIpc) is 2.70. The number of anilines is 1. The SMILES string of the molecule is Cl.Cl.O=C(NO)/C(F)=C/c1ccc(N[C@@H]2CCCN(Cc3ccccc3)C2)nc1. The number of piperidine rings is 1. The Hall–Kier alpha value is -2.19. The molecule has 2 heterocycles. The van der Waals surface area contributed by atoms with Crippen LogP contribution in [0.3, 0.4) is 0 Å². The highest BCUT2D eigenvalue weighted by Crippen LogP contribution is 2.18. The molecule has 1 aromatic heterocycles. The fourth-order valence-electron chi connectivity index (χ4n) is 3.21. The number of hydroxylamine groups is 1. The maximum absolute atomic E-state index is 13.4. The number of hydrogen-bond acceptors (Lipinski definition) is 5. The highest BCUT2D eigenvalue weighted by atomic mass is 35.5. The van der Waals surface area contributed by atoms with Gasteiger partial charge in [0.15, 0.2) is 5.83 Å². The summed E-state index contributed by atoms with van der Waals surface area (Å²) in [6.07, 6.45) is 4.69. The number of carbonyl (C=O) groups excluding carboxylic acids is 1. The summed E-state index contributed by atoms with van der Waals surface area (Å²) in [4.78, 5) is 17.7. The maximum Gasteiger partial charge on any atom is 0.303 e. The number of halogens is 3. The molecule has 0 unspecified atom stereocenters. The molecule has 0 radical (unpaired) electrons. The average molecular weight is 443 g/mol. The number of hydrogen-bond donors (Lipinski definition) is 3. The summed E-state index contributed by atoms with van der Waals surface area (Å²) in [6, 6.07) is 14.1. The van der Waals surface area contributed by atoms with Crippen molar-refractivity contribution in [1.82, 2.24) is 15.4 Å². The van der Waals surface area contributed by atoms with Gasteiger partial charge in [-0.25, -0.2) is 14.9 Å². The Morgan fingerprint density at radius 2 is 2.00 bits per heavy atom. The molecule has 29 heavy (non-hydrogen) atoms. The van der Waals surface area contributed by atoms with Crippen molar-refractivity contribution in [3.8, 4) is 0 Å². The lowest BCUT2D eigenvalue weighted by Crippen LogP contribution is -2.41. The Balaban J connectivity index is 0.00000210. The van der Waals surface area contributed by atoms with E-state index >= 15 is 0 Å². The molecule has 158 valence electrons. The quantitative estimate of drug-likeness (QED) is 0.360. The number of nitrogens with one attached hydrogen (secondary N) is 2. The Labute approximate surface area is 182 Å². The minimum atomic E-state index is -1.18. The van der Waals surface area contributed by atoms with Crippen LogP contribution in [-0.4, -0.2) is 40.1 Å². The van der Waals surface area contributed by atoms with Crippen molar-refractivity contribution in [2.24, 2.45) is 0 Å². The fraction of sp³-hybridized carbons (Fsp3) is 0.300. The summed E-state index contributed by atoms with van der Waals surface area (Å²) >= 11 is 0. The van der Waals surface area contributed by atoms with E-state index in [0.717, 1.165) is 38.6 Å². The second kappa shape index (κ2) is 12.4. The number of nitrogens with zero attached hydrogens (tertiary/aromatic N) is 2. The van der Waals surface area contributed by atoms with Crippen LogP contribution in [0.2, 0.25) is 0 Å². The number of amides is 1. The van der Waals surface area contributed by atoms with Gasteiger partial charge in [0.1, 0.15) is 5.82 Å². The smallest absolute Gasteiger partial charge is 0.303 e. The number of benzene rings is 1. The molecule has 3 N–H and O–H groups in total. The van der Waals surface area contributed by atoms with Crippen molar-refractivity contribution < 1.29 is 14.4 Å². The van der Waals surface area contributed by atoms with E-state index in [1.54, 1.807) is 12.1 Å². The number of pyridine rings is 1. The molecule has 2 aromatic rings. The first-order chi connectivity index (χ1) is 13.1. The van der Waals surface area contributed by atoms with Crippen LogP contribution in [0, 0.1) is 0 Å². The van der Waals surface area contributed by atoms with Gasteiger partial charge in [0.25, 0.3) is 0 Å². The Kier molecular flexibility index (Phi) is 10.6. The standard InChI is InChI=1S/C20H23FN4O2.2ClH/c21-18(20(26)24-27)11-16-8-9-19(22-12-16)23-17-7-4-10-25(14-17)13-15-5-2-1-3-6-15;;/h1-3,5-6,8-9,11-12,17,27H,4,7,10,13-14H2,(H,22,23)(H,24,26);2*1H/b18-11-;;/t17-;;/m1../s1. The predicted octanol–water partition coefficient (Wildman–Crippen LogP) is 3.82. The monoisotopic (exact) mass is 442 g/mol.